The van der Waals surface area contributed by atoms with E-state index in [9.17, 15) is 13.6 Å². The molecule has 0 saturated heterocycles. The van der Waals surface area contributed by atoms with Crippen LogP contribution in [-0.4, -0.2) is 15.7 Å². The van der Waals surface area contributed by atoms with Crippen molar-refractivity contribution in [3.63, 3.8) is 0 Å². The molecule has 1 amide bonds. The highest BCUT2D eigenvalue weighted by Crippen LogP contribution is 2.18. The molecule has 1 N–H and O–H groups in total. The van der Waals surface area contributed by atoms with Crippen molar-refractivity contribution < 1.29 is 18.3 Å². The van der Waals surface area contributed by atoms with E-state index in [2.05, 4.69) is 10.4 Å². The van der Waals surface area contributed by atoms with Gasteiger partial charge in [0.15, 0.2) is 0 Å². The van der Waals surface area contributed by atoms with E-state index in [1.54, 1.807) is 10.9 Å². The lowest BCUT2D eigenvalue weighted by Gasteiger charge is -2.11. The van der Waals surface area contributed by atoms with E-state index in [1.807, 2.05) is 54.6 Å². The SMILES string of the molecule is O=C(Nc1cnn(Cc2ccccc2COc2ccccc2)c1)c1c(F)cccc1F. The third kappa shape index (κ3) is 4.95. The first kappa shape index (κ1) is 20.3. The van der Waals surface area contributed by atoms with E-state index < -0.39 is 23.1 Å². The average molecular weight is 419 g/mol. The minimum absolute atomic E-state index is 0.339. The molecule has 0 radical (unpaired) electrons. The second-order valence-electron chi connectivity index (χ2n) is 6.85. The van der Waals surface area contributed by atoms with E-state index in [0.717, 1.165) is 29.0 Å². The van der Waals surface area contributed by atoms with Gasteiger partial charge in [0.1, 0.15) is 29.6 Å². The summed E-state index contributed by atoms with van der Waals surface area (Å²) >= 11 is 0. The Labute approximate surface area is 177 Å². The van der Waals surface area contributed by atoms with Gasteiger partial charge in [-0.25, -0.2) is 8.78 Å². The van der Waals surface area contributed by atoms with E-state index in [0.29, 0.717) is 18.8 Å². The number of halogens is 2. The Morgan fingerprint density at radius 2 is 1.58 bits per heavy atom. The number of nitrogens with zero attached hydrogens (tertiary/aromatic N) is 2. The number of nitrogens with one attached hydrogen (secondary N) is 1. The topological polar surface area (TPSA) is 56.2 Å². The van der Waals surface area contributed by atoms with Gasteiger partial charge in [0, 0.05) is 6.20 Å². The predicted molar refractivity (Wildman–Crippen MR) is 113 cm³/mol. The van der Waals surface area contributed by atoms with Crippen LogP contribution in [-0.2, 0) is 13.2 Å². The van der Waals surface area contributed by atoms with Crippen LogP contribution in [0.1, 0.15) is 21.5 Å². The third-order valence-electron chi connectivity index (χ3n) is 4.67. The summed E-state index contributed by atoms with van der Waals surface area (Å²) in [6.07, 6.45) is 3.03. The highest BCUT2D eigenvalue weighted by Gasteiger charge is 2.17. The summed E-state index contributed by atoms with van der Waals surface area (Å²) in [6, 6.07) is 20.6. The van der Waals surface area contributed by atoms with Crippen LogP contribution in [0.3, 0.4) is 0 Å². The van der Waals surface area contributed by atoms with Crippen LogP contribution in [0.5, 0.6) is 5.75 Å². The Kier molecular flexibility index (Phi) is 6.03. The molecule has 0 atom stereocenters. The minimum Gasteiger partial charge on any atom is -0.489 e. The summed E-state index contributed by atoms with van der Waals surface area (Å²) in [5, 5.41) is 6.72. The second-order valence-corrected chi connectivity index (χ2v) is 6.85. The van der Waals surface area contributed by atoms with Crippen molar-refractivity contribution in [1.82, 2.24) is 9.78 Å². The van der Waals surface area contributed by atoms with Crippen molar-refractivity contribution in [2.45, 2.75) is 13.2 Å². The average Bonchev–Trinajstić information content (AvgIpc) is 3.20. The molecule has 0 aliphatic carbocycles. The van der Waals surface area contributed by atoms with Crippen LogP contribution in [0.15, 0.2) is 85.2 Å². The van der Waals surface area contributed by atoms with Gasteiger partial charge in [-0.1, -0.05) is 48.5 Å². The quantitative estimate of drug-likeness (QED) is 0.457. The maximum atomic E-state index is 13.8. The lowest BCUT2D eigenvalue weighted by molar-refractivity contribution is 0.101. The first-order chi connectivity index (χ1) is 15.1. The van der Waals surface area contributed by atoms with Crippen LogP contribution in [0.4, 0.5) is 14.5 Å². The van der Waals surface area contributed by atoms with Crippen LogP contribution in [0.25, 0.3) is 0 Å². The molecule has 5 nitrogen and oxygen atoms in total. The number of hydrogen-bond acceptors (Lipinski definition) is 3. The molecule has 31 heavy (non-hydrogen) atoms. The number of amides is 1. The summed E-state index contributed by atoms with van der Waals surface area (Å²) < 4.78 is 35.1. The first-order valence-corrected chi connectivity index (χ1v) is 9.62. The number of hydrogen-bond donors (Lipinski definition) is 1. The summed E-state index contributed by atoms with van der Waals surface area (Å²) in [5.74, 6) is -1.93. The fourth-order valence-electron chi connectivity index (χ4n) is 3.13. The number of carbonyl (C=O) groups is 1. The summed E-state index contributed by atoms with van der Waals surface area (Å²) in [5.41, 5.74) is 1.71. The lowest BCUT2D eigenvalue weighted by atomic mass is 10.1. The van der Waals surface area contributed by atoms with Gasteiger partial charge in [-0.15, -0.1) is 0 Å². The molecule has 0 bridgehead atoms. The Hall–Kier alpha value is -4.00. The zero-order valence-electron chi connectivity index (χ0n) is 16.5. The lowest BCUT2D eigenvalue weighted by Crippen LogP contribution is -2.15. The molecule has 0 fully saturated rings. The molecule has 1 heterocycles. The summed E-state index contributed by atoms with van der Waals surface area (Å²) in [7, 11) is 0. The van der Waals surface area contributed by atoms with Gasteiger partial charge in [0.25, 0.3) is 5.91 Å². The fourth-order valence-corrected chi connectivity index (χ4v) is 3.13. The largest absolute Gasteiger partial charge is 0.489 e. The fraction of sp³-hybridized carbons (Fsp3) is 0.0833. The predicted octanol–water partition coefficient (Wildman–Crippen LogP) is 5.04. The number of rotatable bonds is 7. The molecule has 0 saturated carbocycles. The second kappa shape index (κ2) is 9.21. The van der Waals surface area contributed by atoms with Crippen LogP contribution in [0, 0.1) is 11.6 Å². The van der Waals surface area contributed by atoms with Crippen molar-refractivity contribution >= 4 is 11.6 Å². The van der Waals surface area contributed by atoms with Gasteiger partial charge in [-0.3, -0.25) is 9.48 Å². The molecular formula is C24H19F2N3O2. The smallest absolute Gasteiger partial charge is 0.261 e. The van der Waals surface area contributed by atoms with Gasteiger partial charge < -0.3 is 10.1 Å². The van der Waals surface area contributed by atoms with Crippen molar-refractivity contribution in [3.05, 3.63) is 114 Å². The number of aromatic nitrogens is 2. The molecule has 1 aromatic heterocycles. The molecule has 0 unspecified atom stereocenters. The normalized spacial score (nSPS) is 10.6. The minimum atomic E-state index is -0.919. The Morgan fingerprint density at radius 1 is 0.903 bits per heavy atom. The van der Waals surface area contributed by atoms with Gasteiger partial charge in [0.05, 0.1) is 18.4 Å². The molecule has 4 rings (SSSR count). The monoisotopic (exact) mass is 419 g/mol. The highest BCUT2D eigenvalue weighted by atomic mass is 19.1. The molecule has 3 aromatic carbocycles. The zero-order chi connectivity index (χ0) is 21.6. The van der Waals surface area contributed by atoms with E-state index >= 15 is 0 Å². The maximum absolute atomic E-state index is 13.8. The number of ether oxygens (including phenoxy) is 1. The van der Waals surface area contributed by atoms with Gasteiger partial charge in [-0.05, 0) is 35.4 Å². The molecule has 7 heteroatoms. The molecule has 0 aliphatic rings. The van der Waals surface area contributed by atoms with E-state index in [4.69, 9.17) is 4.74 Å². The molecule has 156 valence electrons. The number of para-hydroxylation sites is 1. The van der Waals surface area contributed by atoms with Gasteiger partial charge in [0.2, 0.25) is 0 Å². The Balaban J connectivity index is 1.44. The van der Waals surface area contributed by atoms with Crippen molar-refractivity contribution in [2.24, 2.45) is 0 Å². The van der Waals surface area contributed by atoms with Crippen molar-refractivity contribution in [3.8, 4) is 5.75 Å². The van der Waals surface area contributed by atoms with Crippen LogP contribution >= 0.6 is 0 Å². The molecule has 0 aliphatic heterocycles. The maximum Gasteiger partial charge on any atom is 0.261 e. The first-order valence-electron chi connectivity index (χ1n) is 9.62. The van der Waals surface area contributed by atoms with Crippen LogP contribution in [0.2, 0.25) is 0 Å². The summed E-state index contributed by atoms with van der Waals surface area (Å²) in [4.78, 5) is 12.3. The molecule has 4 aromatic rings. The Morgan fingerprint density at radius 3 is 2.32 bits per heavy atom. The summed E-state index contributed by atoms with van der Waals surface area (Å²) in [6.45, 7) is 0.843. The van der Waals surface area contributed by atoms with Gasteiger partial charge in [-0.2, -0.15) is 5.10 Å². The Bertz CT molecular complexity index is 1170. The molecular weight excluding hydrogens is 400 g/mol. The van der Waals surface area contributed by atoms with Crippen molar-refractivity contribution in [2.75, 3.05) is 5.32 Å². The van der Waals surface area contributed by atoms with Crippen LogP contribution < -0.4 is 10.1 Å². The van der Waals surface area contributed by atoms with Crippen molar-refractivity contribution in [1.29, 1.82) is 0 Å². The number of anilines is 1. The van der Waals surface area contributed by atoms with Gasteiger partial charge >= 0.3 is 0 Å². The van der Waals surface area contributed by atoms with E-state index in [1.165, 1.54) is 12.3 Å². The standard InChI is InChI=1S/C24H19F2N3O2/c25-21-11-6-12-22(26)23(21)24(30)28-19-13-27-29(15-19)14-17-7-4-5-8-18(17)16-31-20-9-2-1-3-10-20/h1-13,15H,14,16H2,(H,28,30). The number of carbonyl (C=O) groups excluding carboxylic acids is 1. The zero-order valence-corrected chi connectivity index (χ0v) is 16.5. The number of benzene rings is 3. The molecule has 0 spiro atoms. The van der Waals surface area contributed by atoms with E-state index in [-0.39, 0.29) is 0 Å². The highest BCUT2D eigenvalue weighted by molar-refractivity contribution is 6.04. The third-order valence-corrected chi connectivity index (χ3v) is 4.67.